The summed E-state index contributed by atoms with van der Waals surface area (Å²) in [5.41, 5.74) is 4.92. The summed E-state index contributed by atoms with van der Waals surface area (Å²) in [6.45, 7) is 4.76. The maximum atomic E-state index is 12.9. The molecule has 7 nitrogen and oxygen atoms in total. The van der Waals surface area contributed by atoms with Crippen LogP contribution in [0.4, 0.5) is 0 Å². The van der Waals surface area contributed by atoms with Gasteiger partial charge in [-0.05, 0) is 55.8 Å². The van der Waals surface area contributed by atoms with Gasteiger partial charge in [-0.2, -0.15) is 5.10 Å². The topological polar surface area (TPSA) is 77.6 Å². The lowest BCUT2D eigenvalue weighted by atomic mass is 10.0. The molecule has 0 unspecified atom stereocenters. The largest absolute Gasteiger partial charge is 0.497 e. The van der Waals surface area contributed by atoms with E-state index in [1.165, 1.54) is 0 Å². The molecule has 0 aliphatic carbocycles. The highest BCUT2D eigenvalue weighted by molar-refractivity contribution is 5.94. The molecule has 0 saturated heterocycles. The molecule has 2 heterocycles. The molecule has 158 valence electrons. The number of benzene rings is 2. The molecule has 4 aromatic rings. The van der Waals surface area contributed by atoms with Crippen LogP contribution >= 0.6 is 0 Å². The van der Waals surface area contributed by atoms with Crippen LogP contribution in [0.5, 0.6) is 5.75 Å². The lowest BCUT2D eigenvalue weighted by Gasteiger charge is -2.08. The van der Waals surface area contributed by atoms with E-state index in [-0.39, 0.29) is 11.5 Å². The minimum Gasteiger partial charge on any atom is -0.497 e. The molecule has 7 heteroatoms. The molecular weight excluding hydrogens is 392 g/mol. The Morgan fingerprint density at radius 3 is 2.58 bits per heavy atom. The monoisotopic (exact) mass is 416 g/mol. The number of nitrogens with one attached hydrogen (secondary N) is 1. The molecular formula is C24H24N4O3. The third-order valence-corrected chi connectivity index (χ3v) is 5.26. The van der Waals surface area contributed by atoms with Crippen molar-refractivity contribution >= 4 is 11.4 Å². The number of aryl methyl sites for hydroxylation is 2. The van der Waals surface area contributed by atoms with E-state index in [1.807, 2.05) is 19.9 Å². The van der Waals surface area contributed by atoms with E-state index < -0.39 is 0 Å². The molecule has 0 atom stereocenters. The first kappa shape index (κ1) is 20.4. The molecule has 0 aliphatic rings. The number of rotatable bonds is 6. The van der Waals surface area contributed by atoms with Crippen LogP contribution in [-0.2, 0) is 6.54 Å². The average Bonchev–Trinajstić information content (AvgIpc) is 3.22. The highest BCUT2D eigenvalue weighted by atomic mass is 16.5. The summed E-state index contributed by atoms with van der Waals surface area (Å²) in [5, 5.41) is 7.42. The van der Waals surface area contributed by atoms with Crippen LogP contribution in [0.3, 0.4) is 0 Å². The van der Waals surface area contributed by atoms with Crippen molar-refractivity contribution in [3.63, 3.8) is 0 Å². The number of methoxy groups -OCH3 is 1. The molecule has 0 spiro atoms. The number of hydrogen-bond donors (Lipinski definition) is 1. The Kier molecular flexibility index (Phi) is 5.58. The predicted octanol–water partition coefficient (Wildman–Crippen LogP) is 3.22. The van der Waals surface area contributed by atoms with Gasteiger partial charge in [0.25, 0.3) is 11.5 Å². The quantitative estimate of drug-likeness (QED) is 0.524. The fourth-order valence-corrected chi connectivity index (χ4v) is 3.48. The lowest BCUT2D eigenvalue weighted by molar-refractivity contribution is 0.0952. The molecule has 2 aromatic carbocycles. The van der Waals surface area contributed by atoms with Crippen molar-refractivity contribution in [3.8, 4) is 17.0 Å². The van der Waals surface area contributed by atoms with Gasteiger partial charge in [0.2, 0.25) is 0 Å². The zero-order valence-corrected chi connectivity index (χ0v) is 17.8. The van der Waals surface area contributed by atoms with Gasteiger partial charge in [0, 0.05) is 36.6 Å². The summed E-state index contributed by atoms with van der Waals surface area (Å²) in [6, 6.07) is 14.9. The van der Waals surface area contributed by atoms with E-state index in [0.717, 1.165) is 22.4 Å². The number of fused-ring (bicyclic) bond motifs is 1. The van der Waals surface area contributed by atoms with Crippen molar-refractivity contribution in [1.29, 1.82) is 0 Å². The van der Waals surface area contributed by atoms with Gasteiger partial charge in [-0.3, -0.25) is 9.59 Å². The van der Waals surface area contributed by atoms with E-state index in [2.05, 4.69) is 28.6 Å². The van der Waals surface area contributed by atoms with E-state index in [0.29, 0.717) is 29.9 Å². The van der Waals surface area contributed by atoms with Gasteiger partial charge in [0.05, 0.1) is 12.8 Å². The van der Waals surface area contributed by atoms with Gasteiger partial charge in [-0.25, -0.2) is 4.52 Å². The van der Waals surface area contributed by atoms with Crippen molar-refractivity contribution in [2.45, 2.75) is 20.4 Å². The average molecular weight is 416 g/mol. The van der Waals surface area contributed by atoms with Crippen LogP contribution in [0, 0.1) is 13.8 Å². The van der Waals surface area contributed by atoms with E-state index in [1.54, 1.807) is 52.9 Å². The van der Waals surface area contributed by atoms with Crippen molar-refractivity contribution < 1.29 is 9.53 Å². The van der Waals surface area contributed by atoms with Gasteiger partial charge in [-0.15, -0.1) is 0 Å². The third-order valence-electron chi connectivity index (χ3n) is 5.26. The number of amides is 1. The summed E-state index contributed by atoms with van der Waals surface area (Å²) in [6.07, 6.45) is 3.45. The second-order valence-electron chi connectivity index (χ2n) is 7.46. The molecule has 31 heavy (non-hydrogen) atoms. The normalized spacial score (nSPS) is 10.9. The number of hydrogen-bond acceptors (Lipinski definition) is 4. The smallest absolute Gasteiger partial charge is 0.276 e. The summed E-state index contributed by atoms with van der Waals surface area (Å²) in [4.78, 5) is 25.2. The summed E-state index contributed by atoms with van der Waals surface area (Å²) >= 11 is 0. The lowest BCUT2D eigenvalue weighted by Crippen LogP contribution is -2.31. The maximum absolute atomic E-state index is 12.9. The number of carbonyl (C=O) groups is 1. The van der Waals surface area contributed by atoms with Crippen LogP contribution < -0.4 is 15.6 Å². The molecule has 0 radical (unpaired) electrons. The van der Waals surface area contributed by atoms with Crippen LogP contribution in [0.2, 0.25) is 0 Å². The van der Waals surface area contributed by atoms with Crippen LogP contribution in [0.1, 0.15) is 21.5 Å². The fraction of sp³-hybridized carbons (Fsp3) is 0.208. The SMILES string of the molecule is COc1ccc(C(=O)NCCn2ccn3nc(-c4cc(C)ccc4C)cc3c2=O)cc1. The van der Waals surface area contributed by atoms with Crippen LogP contribution in [0.15, 0.2) is 65.7 Å². The Bertz CT molecular complexity index is 1300. The molecule has 0 aliphatic heterocycles. The standard InChI is InChI=1S/C24H24N4O3/c1-16-4-5-17(2)20(14-16)21-15-22-24(30)27(12-13-28(22)26-21)11-10-25-23(29)18-6-8-19(31-3)9-7-18/h4-9,12-15H,10-11H2,1-3H3,(H,25,29). The van der Waals surface area contributed by atoms with Crippen LogP contribution in [-0.4, -0.2) is 33.7 Å². The molecule has 0 saturated carbocycles. The highest BCUT2D eigenvalue weighted by Crippen LogP contribution is 2.23. The number of carbonyl (C=O) groups excluding carboxylic acids is 1. The van der Waals surface area contributed by atoms with Crippen molar-refractivity contribution in [3.05, 3.63) is 88.0 Å². The molecule has 2 aromatic heterocycles. The minimum absolute atomic E-state index is 0.148. The second kappa shape index (κ2) is 8.47. The number of ether oxygens (including phenoxy) is 1. The number of nitrogens with zero attached hydrogens (tertiary/aromatic N) is 3. The van der Waals surface area contributed by atoms with Crippen molar-refractivity contribution in [2.24, 2.45) is 0 Å². The summed E-state index contributed by atoms with van der Waals surface area (Å²) in [7, 11) is 1.58. The Labute approximate surface area is 179 Å². The first-order valence-electron chi connectivity index (χ1n) is 10.0. The molecule has 4 rings (SSSR count). The van der Waals surface area contributed by atoms with Gasteiger partial charge < -0.3 is 14.6 Å². The summed E-state index contributed by atoms with van der Waals surface area (Å²) < 4.78 is 8.29. The van der Waals surface area contributed by atoms with E-state index >= 15 is 0 Å². The van der Waals surface area contributed by atoms with E-state index in [9.17, 15) is 9.59 Å². The fourth-order valence-electron chi connectivity index (χ4n) is 3.48. The van der Waals surface area contributed by atoms with E-state index in [4.69, 9.17) is 4.74 Å². The van der Waals surface area contributed by atoms with Gasteiger partial charge in [-0.1, -0.05) is 17.7 Å². The molecule has 1 amide bonds. The second-order valence-corrected chi connectivity index (χ2v) is 7.46. The zero-order chi connectivity index (χ0) is 22.0. The maximum Gasteiger partial charge on any atom is 0.276 e. The Hall–Kier alpha value is -3.87. The Balaban J connectivity index is 1.49. The first-order valence-corrected chi connectivity index (χ1v) is 10.0. The first-order chi connectivity index (χ1) is 15.0. The summed E-state index contributed by atoms with van der Waals surface area (Å²) in [5.74, 6) is 0.496. The number of aromatic nitrogens is 3. The van der Waals surface area contributed by atoms with Gasteiger partial charge in [0.15, 0.2) is 0 Å². The van der Waals surface area contributed by atoms with Crippen molar-refractivity contribution in [2.75, 3.05) is 13.7 Å². The van der Waals surface area contributed by atoms with Gasteiger partial charge in [0.1, 0.15) is 11.3 Å². The minimum atomic E-state index is -0.196. The van der Waals surface area contributed by atoms with Crippen molar-refractivity contribution in [1.82, 2.24) is 19.5 Å². The zero-order valence-electron chi connectivity index (χ0n) is 17.8. The predicted molar refractivity (Wildman–Crippen MR) is 120 cm³/mol. The Morgan fingerprint density at radius 1 is 1.06 bits per heavy atom. The van der Waals surface area contributed by atoms with Crippen LogP contribution in [0.25, 0.3) is 16.8 Å². The van der Waals surface area contributed by atoms with Gasteiger partial charge >= 0.3 is 0 Å². The Morgan fingerprint density at radius 2 is 1.84 bits per heavy atom. The highest BCUT2D eigenvalue weighted by Gasteiger charge is 2.12. The molecule has 0 fully saturated rings. The third kappa shape index (κ3) is 4.21. The molecule has 1 N–H and O–H groups in total. The molecule has 0 bridgehead atoms.